The van der Waals surface area contributed by atoms with E-state index in [9.17, 15) is 28.1 Å². The molecular formula is C23H32F3N7O3S. The number of anilines is 2. The first kappa shape index (κ1) is 28.6. The molecule has 0 unspecified atom stereocenters. The largest absolute Gasteiger partial charge is 0.423 e. The van der Waals surface area contributed by atoms with Gasteiger partial charge in [-0.25, -0.2) is 0 Å². The summed E-state index contributed by atoms with van der Waals surface area (Å²) in [5.74, 6) is 0.0296. The molecule has 2 aliphatic heterocycles. The summed E-state index contributed by atoms with van der Waals surface area (Å²) in [5.41, 5.74) is -2.12. The minimum Gasteiger partial charge on any atom is -0.380 e. The van der Waals surface area contributed by atoms with Crippen LogP contribution >= 0.6 is 11.3 Å². The van der Waals surface area contributed by atoms with Crippen molar-refractivity contribution in [1.29, 1.82) is 0 Å². The predicted molar refractivity (Wildman–Crippen MR) is 136 cm³/mol. The first-order valence-electron chi connectivity index (χ1n) is 11.8. The number of nitrogens with one attached hydrogen (secondary N) is 1. The number of nitro groups is 1. The van der Waals surface area contributed by atoms with Crippen molar-refractivity contribution in [3.63, 3.8) is 0 Å². The lowest BCUT2D eigenvalue weighted by molar-refractivity contribution is -0.388. The van der Waals surface area contributed by atoms with Crippen molar-refractivity contribution in [1.82, 2.24) is 20.0 Å². The van der Waals surface area contributed by atoms with Crippen molar-refractivity contribution in [2.24, 2.45) is 0 Å². The number of hydrogen-bond acceptors (Lipinski definition) is 9. The Labute approximate surface area is 217 Å². The lowest BCUT2D eigenvalue weighted by Crippen LogP contribution is -2.46. The monoisotopic (exact) mass is 543 g/mol. The Hall–Kier alpha value is -3.00. The molecule has 1 atom stereocenters. The zero-order valence-electron chi connectivity index (χ0n) is 19.8. The van der Waals surface area contributed by atoms with Crippen molar-refractivity contribution >= 4 is 33.8 Å². The third-order valence-corrected chi connectivity index (χ3v) is 7.33. The van der Waals surface area contributed by atoms with Gasteiger partial charge in [0.05, 0.1) is 4.92 Å². The molecule has 1 aromatic carbocycles. The minimum atomic E-state index is -4.83. The van der Waals surface area contributed by atoms with E-state index in [4.69, 9.17) is 0 Å². The molecule has 2 aliphatic rings. The molecule has 1 amide bonds. The lowest BCUT2D eigenvalue weighted by Gasteiger charge is -2.34. The van der Waals surface area contributed by atoms with Crippen LogP contribution in [0.25, 0.3) is 0 Å². The molecule has 10 nitrogen and oxygen atoms in total. The first-order chi connectivity index (χ1) is 17.1. The van der Waals surface area contributed by atoms with E-state index in [0.717, 1.165) is 61.4 Å². The number of benzene rings is 1. The van der Waals surface area contributed by atoms with E-state index in [1.807, 2.05) is 6.92 Å². The molecule has 0 radical (unpaired) electrons. The minimum absolute atomic E-state index is 0. The van der Waals surface area contributed by atoms with Gasteiger partial charge in [0.1, 0.15) is 10.6 Å². The van der Waals surface area contributed by atoms with Crippen molar-refractivity contribution < 1.29 is 22.9 Å². The third kappa shape index (κ3) is 7.28. The number of alkyl halides is 3. The number of likely N-dealkylation sites (tertiary alicyclic amines) is 1. The van der Waals surface area contributed by atoms with Gasteiger partial charge < -0.3 is 15.1 Å². The number of aromatic nitrogens is 2. The van der Waals surface area contributed by atoms with Crippen LogP contribution in [0.4, 0.5) is 29.7 Å². The Morgan fingerprint density at radius 2 is 1.95 bits per heavy atom. The highest BCUT2D eigenvalue weighted by Gasteiger charge is 2.38. The zero-order valence-corrected chi connectivity index (χ0v) is 20.6. The van der Waals surface area contributed by atoms with Gasteiger partial charge in [-0.05, 0) is 38.4 Å². The Kier molecular flexibility index (Phi) is 9.29. The van der Waals surface area contributed by atoms with Crippen LogP contribution < -0.4 is 10.2 Å². The molecule has 0 bridgehead atoms. The van der Waals surface area contributed by atoms with Crippen LogP contribution in [0.5, 0.6) is 0 Å². The van der Waals surface area contributed by atoms with E-state index in [1.54, 1.807) is 16.2 Å². The fraction of sp³-hybridized carbons (Fsp3) is 0.609. The van der Waals surface area contributed by atoms with Crippen LogP contribution in [0.3, 0.4) is 0 Å². The van der Waals surface area contributed by atoms with Gasteiger partial charge in [-0.1, -0.05) is 18.8 Å². The molecule has 0 saturated carbocycles. The fourth-order valence-corrected chi connectivity index (χ4v) is 5.28. The summed E-state index contributed by atoms with van der Waals surface area (Å²) in [7, 11) is 0. The second kappa shape index (κ2) is 12.0. The average molecular weight is 544 g/mol. The molecule has 37 heavy (non-hydrogen) atoms. The number of rotatable bonds is 8. The smallest absolute Gasteiger partial charge is 0.380 e. The third-order valence-electron chi connectivity index (χ3n) is 6.43. The molecule has 0 aliphatic carbocycles. The highest BCUT2D eigenvalue weighted by atomic mass is 32.1. The van der Waals surface area contributed by atoms with Gasteiger partial charge in [-0.2, -0.15) is 13.2 Å². The summed E-state index contributed by atoms with van der Waals surface area (Å²) < 4.78 is 39.7. The number of carbonyl (C=O) groups excluding carboxylic acids is 1. The van der Waals surface area contributed by atoms with Crippen LogP contribution in [0.15, 0.2) is 18.2 Å². The van der Waals surface area contributed by atoms with E-state index in [0.29, 0.717) is 25.9 Å². The second-order valence-electron chi connectivity index (χ2n) is 8.99. The van der Waals surface area contributed by atoms with Crippen LogP contribution in [0, 0.1) is 17.0 Å². The van der Waals surface area contributed by atoms with Gasteiger partial charge in [0, 0.05) is 63.5 Å². The van der Waals surface area contributed by atoms with Crippen molar-refractivity contribution in [2.45, 2.75) is 45.8 Å². The van der Waals surface area contributed by atoms with Gasteiger partial charge in [-0.3, -0.25) is 19.8 Å². The van der Waals surface area contributed by atoms with Crippen LogP contribution in [0.1, 0.15) is 37.3 Å². The number of nitrogens with zero attached hydrogens (tertiary/aromatic N) is 6. The van der Waals surface area contributed by atoms with Gasteiger partial charge in [0.15, 0.2) is 0 Å². The van der Waals surface area contributed by atoms with E-state index < -0.39 is 22.4 Å². The Morgan fingerprint density at radius 1 is 1.22 bits per heavy atom. The molecule has 3 heterocycles. The number of carbonyl (C=O) groups is 1. The topological polar surface area (TPSA) is 108 Å². The number of amides is 1. The highest BCUT2D eigenvalue weighted by molar-refractivity contribution is 7.15. The van der Waals surface area contributed by atoms with Crippen molar-refractivity contribution in [2.75, 3.05) is 56.0 Å². The van der Waals surface area contributed by atoms with Crippen LogP contribution in [0.2, 0.25) is 0 Å². The van der Waals surface area contributed by atoms with E-state index in [-0.39, 0.29) is 25.1 Å². The molecule has 14 heteroatoms. The summed E-state index contributed by atoms with van der Waals surface area (Å²) >= 11 is 1.59. The summed E-state index contributed by atoms with van der Waals surface area (Å²) in [6.07, 6.45) is -3.08. The molecule has 4 rings (SSSR count). The number of piperazine rings is 1. The van der Waals surface area contributed by atoms with E-state index >= 15 is 0 Å². The molecule has 2 fully saturated rings. The van der Waals surface area contributed by atoms with Crippen molar-refractivity contribution in [3.05, 3.63) is 38.9 Å². The van der Waals surface area contributed by atoms with Gasteiger partial charge in [0.25, 0.3) is 5.69 Å². The SMILES string of the molecule is C.Cc1nnc(N2CCN(CCCC(=O)N3CC[C@H](Nc4ccc([N+](=O)[O-])c(C(F)(F)F)c4)C3)CC2)s1. The Morgan fingerprint density at radius 3 is 2.57 bits per heavy atom. The van der Waals surface area contributed by atoms with E-state index in [1.165, 1.54) is 6.07 Å². The lowest BCUT2D eigenvalue weighted by atomic mass is 10.1. The standard InChI is InChI=1S/C22H28F3N7O3S.CH4/c1-15-27-28-21(36-15)30-11-9-29(10-12-30)7-2-3-20(33)31-8-6-17(14-31)26-16-4-5-19(32(34)35)18(13-16)22(23,24)25;/h4-5,13,17,26H,2-3,6-12,14H2,1H3;1H4/t17-;/m0./s1. The second-order valence-corrected chi connectivity index (χ2v) is 10.2. The molecular weight excluding hydrogens is 511 g/mol. The summed E-state index contributed by atoms with van der Waals surface area (Å²) in [5, 5.41) is 24.1. The van der Waals surface area contributed by atoms with Gasteiger partial charge in [-0.15, -0.1) is 10.2 Å². The van der Waals surface area contributed by atoms with Crippen LogP contribution in [-0.4, -0.2) is 82.7 Å². The zero-order chi connectivity index (χ0) is 25.9. The predicted octanol–water partition coefficient (Wildman–Crippen LogP) is 4.02. The Bertz CT molecular complexity index is 1090. The Balaban J connectivity index is 0.00000380. The fourth-order valence-electron chi connectivity index (χ4n) is 4.54. The van der Waals surface area contributed by atoms with Crippen molar-refractivity contribution in [3.8, 4) is 0 Å². The number of nitro benzene ring substituents is 1. The maximum Gasteiger partial charge on any atom is 0.423 e. The first-order valence-corrected chi connectivity index (χ1v) is 12.6. The summed E-state index contributed by atoms with van der Waals surface area (Å²) in [6.45, 7) is 7.23. The molecule has 1 N–H and O–H groups in total. The maximum absolute atomic E-state index is 13.2. The number of aryl methyl sites for hydroxylation is 1. The molecule has 2 saturated heterocycles. The normalized spacial score (nSPS) is 18.5. The average Bonchev–Trinajstić information content (AvgIpc) is 3.48. The molecule has 2 aromatic rings. The molecule has 1 aromatic heterocycles. The van der Waals surface area contributed by atoms with Gasteiger partial charge >= 0.3 is 6.18 Å². The van der Waals surface area contributed by atoms with E-state index in [2.05, 4.69) is 25.3 Å². The van der Waals surface area contributed by atoms with Crippen LogP contribution in [-0.2, 0) is 11.0 Å². The quantitative estimate of drug-likeness (QED) is 0.393. The maximum atomic E-state index is 13.2. The summed E-state index contributed by atoms with van der Waals surface area (Å²) in [6, 6.07) is 2.67. The number of hydrogen-bond donors (Lipinski definition) is 1. The number of halogens is 3. The molecule has 204 valence electrons. The molecule has 0 spiro atoms. The van der Waals surface area contributed by atoms with Gasteiger partial charge in [0.2, 0.25) is 11.0 Å². The summed E-state index contributed by atoms with van der Waals surface area (Å²) in [4.78, 5) is 28.8. The highest BCUT2D eigenvalue weighted by Crippen LogP contribution is 2.37.